The predicted octanol–water partition coefficient (Wildman–Crippen LogP) is 6.85. The van der Waals surface area contributed by atoms with Crippen molar-refractivity contribution in [2.24, 2.45) is 23.7 Å². The van der Waals surface area contributed by atoms with Crippen LogP contribution in [0.25, 0.3) is 0 Å². The molecule has 3 aliphatic rings. The lowest BCUT2D eigenvalue weighted by atomic mass is 9.42. The summed E-state index contributed by atoms with van der Waals surface area (Å²) in [4.78, 5) is 1.82. The van der Waals surface area contributed by atoms with Crippen molar-refractivity contribution in [1.82, 2.24) is 10.2 Å². The predicted molar refractivity (Wildman–Crippen MR) is 135 cm³/mol. The van der Waals surface area contributed by atoms with E-state index in [0.717, 1.165) is 23.7 Å². The first kappa shape index (κ1) is 23.2. The molecule has 1 aromatic rings. The first-order chi connectivity index (χ1) is 15.5. The lowest BCUT2D eigenvalue weighted by Crippen LogP contribution is -2.31. The summed E-state index contributed by atoms with van der Waals surface area (Å²) in [5.74, 6) is 3.96. The van der Waals surface area contributed by atoms with Gasteiger partial charge in [0.1, 0.15) is 5.82 Å². The molecule has 4 heteroatoms. The van der Waals surface area contributed by atoms with Crippen LogP contribution >= 0.6 is 0 Å². The van der Waals surface area contributed by atoms with Gasteiger partial charge in [-0.05, 0) is 29.2 Å². The van der Waals surface area contributed by atoms with E-state index in [1.54, 1.807) is 0 Å². The minimum atomic E-state index is -0.332. The molecule has 2 nitrogen and oxygen atoms in total. The Bertz CT molecular complexity index is 835. The van der Waals surface area contributed by atoms with Crippen LogP contribution in [0.2, 0.25) is 12.6 Å². The van der Waals surface area contributed by atoms with Gasteiger partial charge in [-0.2, -0.15) is 0 Å². The van der Waals surface area contributed by atoms with Gasteiger partial charge in [-0.15, -0.1) is 0 Å². The van der Waals surface area contributed by atoms with Gasteiger partial charge in [0.15, 0.2) is 12.5 Å². The molecule has 2 atom stereocenters. The third kappa shape index (κ3) is 5.00. The molecule has 4 rings (SSSR count). The number of nitrogens with one attached hydrogen (secondary N) is 1. The summed E-state index contributed by atoms with van der Waals surface area (Å²) in [6, 6.07) is 9.09. The highest BCUT2D eigenvalue weighted by Crippen LogP contribution is 2.48. The van der Waals surface area contributed by atoms with Crippen LogP contribution in [0.1, 0.15) is 64.4 Å². The van der Waals surface area contributed by atoms with Crippen molar-refractivity contribution >= 4 is 12.2 Å². The van der Waals surface area contributed by atoms with Crippen LogP contribution in [0.15, 0.2) is 61.0 Å². The Hall–Kier alpha value is -1.97. The molecule has 0 radical (unpaired) electrons. The molecule has 0 aromatic heterocycles. The van der Waals surface area contributed by atoms with Crippen LogP contribution in [0.3, 0.4) is 0 Å². The second-order valence-electron chi connectivity index (χ2n) is 10.4. The van der Waals surface area contributed by atoms with Gasteiger partial charge in [0.25, 0.3) is 0 Å². The van der Waals surface area contributed by atoms with Crippen molar-refractivity contribution in [1.29, 1.82) is 0 Å². The standard InChI is InChI=1S/C28H40BFN2/c1-5-23(6-2)26-16-29(17-27(26)24-10-8-7-9-11-24)25-14-12-22(13-15-25)18-32-19-28(30)20(3)31-21(32)4/h12-15,19,23-24,26-27,31H,3-11,16-18H2,1-2H3. The zero-order valence-electron chi connectivity index (χ0n) is 20.1. The summed E-state index contributed by atoms with van der Waals surface area (Å²) in [5.41, 5.74) is 2.95. The minimum absolute atomic E-state index is 0.280. The van der Waals surface area contributed by atoms with E-state index >= 15 is 0 Å². The molecule has 0 spiro atoms. The van der Waals surface area contributed by atoms with Crippen LogP contribution in [-0.2, 0) is 6.54 Å². The van der Waals surface area contributed by atoms with Crippen LogP contribution in [0, 0.1) is 23.7 Å². The molecule has 172 valence electrons. The smallest absolute Gasteiger partial charge is 0.176 e. The fraction of sp³-hybridized carbons (Fsp3) is 0.571. The number of halogens is 1. The molecule has 1 saturated heterocycles. The molecule has 2 fully saturated rings. The third-order valence-electron chi connectivity index (χ3n) is 8.58. The zero-order valence-corrected chi connectivity index (χ0v) is 20.1. The monoisotopic (exact) mass is 434 g/mol. The van der Waals surface area contributed by atoms with Crippen molar-refractivity contribution in [3.63, 3.8) is 0 Å². The Morgan fingerprint density at radius 3 is 2.41 bits per heavy atom. The Morgan fingerprint density at radius 2 is 1.75 bits per heavy atom. The van der Waals surface area contributed by atoms with E-state index in [4.69, 9.17) is 0 Å². The zero-order chi connectivity index (χ0) is 22.7. The molecule has 2 heterocycles. The maximum Gasteiger partial charge on any atom is 0.176 e. The normalized spacial score (nSPS) is 24.8. The van der Waals surface area contributed by atoms with Crippen LogP contribution in [0.5, 0.6) is 0 Å². The molecule has 1 saturated carbocycles. The quantitative estimate of drug-likeness (QED) is 0.472. The lowest BCUT2D eigenvalue weighted by Gasteiger charge is -2.35. The number of hydrogen-bond donors (Lipinski definition) is 1. The van der Waals surface area contributed by atoms with E-state index in [0.29, 0.717) is 19.1 Å². The van der Waals surface area contributed by atoms with Crippen LogP contribution in [0.4, 0.5) is 4.39 Å². The lowest BCUT2D eigenvalue weighted by molar-refractivity contribution is 0.163. The number of benzene rings is 1. The average Bonchev–Trinajstić information content (AvgIpc) is 3.25. The van der Waals surface area contributed by atoms with E-state index in [-0.39, 0.29) is 11.5 Å². The van der Waals surface area contributed by atoms with Crippen molar-refractivity contribution in [2.45, 2.75) is 78.0 Å². The van der Waals surface area contributed by atoms with E-state index in [1.807, 2.05) is 4.90 Å². The Balaban J connectivity index is 1.46. The molecule has 32 heavy (non-hydrogen) atoms. The Morgan fingerprint density at radius 1 is 1.06 bits per heavy atom. The van der Waals surface area contributed by atoms with E-state index in [9.17, 15) is 4.39 Å². The van der Waals surface area contributed by atoms with Gasteiger partial charge in [-0.3, -0.25) is 0 Å². The average molecular weight is 434 g/mol. The highest BCUT2D eigenvalue weighted by molar-refractivity contribution is 6.74. The minimum Gasteiger partial charge on any atom is -0.340 e. The summed E-state index contributed by atoms with van der Waals surface area (Å²) >= 11 is 0. The summed E-state index contributed by atoms with van der Waals surface area (Å²) in [5, 5.41) is 2.91. The maximum atomic E-state index is 13.9. The number of allylic oxidation sites excluding steroid dienone is 1. The van der Waals surface area contributed by atoms with Gasteiger partial charge in [0, 0.05) is 12.7 Å². The fourth-order valence-corrected chi connectivity index (χ4v) is 6.75. The van der Waals surface area contributed by atoms with Crippen molar-refractivity contribution in [2.75, 3.05) is 0 Å². The first-order valence-electron chi connectivity index (χ1n) is 12.9. The molecular formula is C28H40BFN2. The van der Waals surface area contributed by atoms with E-state index in [1.165, 1.54) is 74.8 Å². The van der Waals surface area contributed by atoms with Crippen molar-refractivity contribution in [3.8, 4) is 0 Å². The molecule has 0 bridgehead atoms. The van der Waals surface area contributed by atoms with Gasteiger partial charge in [-0.25, -0.2) is 4.39 Å². The second kappa shape index (κ2) is 10.3. The van der Waals surface area contributed by atoms with Gasteiger partial charge in [-0.1, -0.05) is 114 Å². The Labute approximate surface area is 195 Å². The van der Waals surface area contributed by atoms with Crippen molar-refractivity contribution in [3.05, 3.63) is 66.5 Å². The topological polar surface area (TPSA) is 15.3 Å². The summed E-state index contributed by atoms with van der Waals surface area (Å²) in [6.45, 7) is 13.7. The molecule has 0 amide bonds. The number of nitrogens with zero attached hydrogens (tertiary/aromatic N) is 1. The first-order valence-corrected chi connectivity index (χ1v) is 12.9. The number of hydrogen-bond acceptors (Lipinski definition) is 2. The molecule has 1 aliphatic carbocycles. The fourth-order valence-electron chi connectivity index (χ4n) is 6.75. The number of rotatable bonds is 7. The van der Waals surface area contributed by atoms with Crippen LogP contribution < -0.4 is 10.8 Å². The van der Waals surface area contributed by atoms with E-state index < -0.39 is 0 Å². The summed E-state index contributed by atoms with van der Waals surface area (Å²) in [6.07, 6.45) is 14.1. The molecule has 2 unspecified atom stereocenters. The molecule has 2 aliphatic heterocycles. The largest absolute Gasteiger partial charge is 0.340 e. The summed E-state index contributed by atoms with van der Waals surface area (Å²) < 4.78 is 13.9. The Kier molecular flexibility index (Phi) is 7.48. The maximum absolute atomic E-state index is 13.9. The van der Waals surface area contributed by atoms with Gasteiger partial charge in [0.05, 0.1) is 5.70 Å². The van der Waals surface area contributed by atoms with Crippen molar-refractivity contribution < 1.29 is 4.39 Å². The third-order valence-corrected chi connectivity index (χ3v) is 8.58. The van der Waals surface area contributed by atoms with Crippen LogP contribution in [-0.4, -0.2) is 11.6 Å². The van der Waals surface area contributed by atoms with Gasteiger partial charge in [0.2, 0.25) is 0 Å². The van der Waals surface area contributed by atoms with E-state index in [2.05, 4.69) is 56.6 Å². The highest BCUT2D eigenvalue weighted by atomic mass is 19.1. The van der Waals surface area contributed by atoms with Gasteiger partial charge >= 0.3 is 0 Å². The van der Waals surface area contributed by atoms with Gasteiger partial charge < -0.3 is 10.2 Å². The molecular weight excluding hydrogens is 394 g/mol. The molecule has 1 N–H and O–H groups in total. The SMILES string of the molecule is C=C1NC(=C)N(Cc2ccc(B3CC(C(CC)CC)C(C4CCCCC4)C3)cc2)C=C1F. The second-order valence-corrected chi connectivity index (χ2v) is 10.4. The molecule has 1 aromatic carbocycles. The summed E-state index contributed by atoms with van der Waals surface area (Å²) in [7, 11) is 0. The highest BCUT2D eigenvalue weighted by Gasteiger charge is 2.43.